The molecule has 1 amide bonds. The molecule has 1 aromatic heterocycles. The minimum Gasteiger partial charge on any atom is -0.487 e. The average molecular weight is 368 g/mol. The van der Waals surface area contributed by atoms with Crippen molar-refractivity contribution in [2.75, 3.05) is 11.9 Å². The number of benzene rings is 1. The SMILES string of the molecule is Cc1cc(C)n(CCC(=O)Nc2cc(OCC(F)F)cc([N+](=O)[O-])c2)n1. The molecule has 140 valence electrons. The van der Waals surface area contributed by atoms with Gasteiger partial charge in [-0.15, -0.1) is 0 Å². The van der Waals surface area contributed by atoms with Gasteiger partial charge in [0.05, 0.1) is 22.4 Å². The third-order valence-electron chi connectivity index (χ3n) is 3.42. The maximum Gasteiger partial charge on any atom is 0.275 e. The van der Waals surface area contributed by atoms with Crippen LogP contribution < -0.4 is 10.1 Å². The van der Waals surface area contributed by atoms with E-state index in [0.717, 1.165) is 23.5 Å². The minimum atomic E-state index is -2.71. The van der Waals surface area contributed by atoms with E-state index in [1.165, 1.54) is 6.07 Å². The van der Waals surface area contributed by atoms with Crippen molar-refractivity contribution in [1.29, 1.82) is 0 Å². The van der Waals surface area contributed by atoms with E-state index in [9.17, 15) is 23.7 Å². The number of hydrogen-bond acceptors (Lipinski definition) is 5. The van der Waals surface area contributed by atoms with Gasteiger partial charge in [-0.25, -0.2) is 8.78 Å². The maximum atomic E-state index is 12.2. The Morgan fingerprint density at radius 1 is 1.35 bits per heavy atom. The molecule has 0 bridgehead atoms. The highest BCUT2D eigenvalue weighted by molar-refractivity contribution is 5.91. The number of hydrogen-bond donors (Lipinski definition) is 1. The fourth-order valence-electron chi connectivity index (χ4n) is 2.34. The lowest BCUT2D eigenvalue weighted by Crippen LogP contribution is -2.16. The minimum absolute atomic E-state index is 0.0951. The standard InChI is InChI=1S/C16H18F2N4O4/c1-10-5-11(2)21(20-10)4-3-16(23)19-12-6-13(22(24)25)8-14(7-12)26-9-15(17)18/h5-8,15H,3-4,9H2,1-2H3,(H,19,23). The Bertz CT molecular complexity index is 808. The normalized spacial score (nSPS) is 10.8. The number of nitrogens with zero attached hydrogens (tertiary/aromatic N) is 3. The molecule has 1 heterocycles. The van der Waals surface area contributed by atoms with E-state index >= 15 is 0 Å². The molecule has 0 unspecified atom stereocenters. The van der Waals surface area contributed by atoms with Crippen LogP contribution in [0.5, 0.6) is 5.75 Å². The van der Waals surface area contributed by atoms with Crippen LogP contribution in [0.15, 0.2) is 24.3 Å². The molecule has 0 aliphatic carbocycles. The predicted molar refractivity (Wildman–Crippen MR) is 89.5 cm³/mol. The van der Waals surface area contributed by atoms with Gasteiger partial charge in [0.15, 0.2) is 0 Å². The highest BCUT2D eigenvalue weighted by Crippen LogP contribution is 2.26. The number of carbonyl (C=O) groups is 1. The largest absolute Gasteiger partial charge is 0.487 e. The van der Waals surface area contributed by atoms with E-state index in [1.807, 2.05) is 19.9 Å². The van der Waals surface area contributed by atoms with Crippen molar-refractivity contribution in [3.63, 3.8) is 0 Å². The zero-order valence-corrected chi connectivity index (χ0v) is 14.2. The molecule has 0 fully saturated rings. The summed E-state index contributed by atoms with van der Waals surface area (Å²) in [5, 5.41) is 17.7. The summed E-state index contributed by atoms with van der Waals surface area (Å²) in [5.74, 6) is -0.508. The van der Waals surface area contributed by atoms with Crippen LogP contribution >= 0.6 is 0 Å². The van der Waals surface area contributed by atoms with Crippen molar-refractivity contribution in [2.45, 2.75) is 33.2 Å². The fourth-order valence-corrected chi connectivity index (χ4v) is 2.34. The first-order valence-corrected chi connectivity index (χ1v) is 7.76. The molecule has 0 aliphatic rings. The molecule has 1 aromatic carbocycles. The summed E-state index contributed by atoms with van der Waals surface area (Å²) in [6.45, 7) is 3.15. The Labute approximate surface area is 147 Å². The summed E-state index contributed by atoms with van der Waals surface area (Å²) < 4.78 is 31.0. The van der Waals surface area contributed by atoms with Gasteiger partial charge >= 0.3 is 0 Å². The molecule has 26 heavy (non-hydrogen) atoms. The summed E-state index contributed by atoms with van der Waals surface area (Å²) in [6, 6.07) is 5.30. The zero-order chi connectivity index (χ0) is 19.3. The molecule has 0 saturated heterocycles. The molecule has 2 aromatic rings. The number of anilines is 1. The molecule has 0 aliphatic heterocycles. The van der Waals surface area contributed by atoms with E-state index in [0.29, 0.717) is 6.54 Å². The Morgan fingerprint density at radius 2 is 2.08 bits per heavy atom. The van der Waals surface area contributed by atoms with Gasteiger partial charge in [0.1, 0.15) is 12.4 Å². The van der Waals surface area contributed by atoms with Crippen molar-refractivity contribution >= 4 is 17.3 Å². The Kier molecular flexibility index (Phi) is 6.21. The molecule has 8 nitrogen and oxygen atoms in total. The predicted octanol–water partition coefficient (Wildman–Crippen LogP) is 3.08. The first-order chi connectivity index (χ1) is 12.2. The van der Waals surface area contributed by atoms with Gasteiger partial charge in [0, 0.05) is 30.8 Å². The van der Waals surface area contributed by atoms with Crippen LogP contribution in [0.4, 0.5) is 20.2 Å². The summed E-state index contributed by atoms with van der Waals surface area (Å²) in [4.78, 5) is 22.3. The molecular formula is C16H18F2N4O4. The van der Waals surface area contributed by atoms with Crippen LogP contribution in [0.2, 0.25) is 0 Å². The van der Waals surface area contributed by atoms with Crippen molar-refractivity contribution < 1.29 is 23.2 Å². The molecule has 10 heteroatoms. The number of nitro groups is 1. The lowest BCUT2D eigenvalue weighted by Gasteiger charge is -2.10. The Hall–Kier alpha value is -3.04. The Balaban J connectivity index is 2.05. The van der Waals surface area contributed by atoms with Gasteiger partial charge in [-0.1, -0.05) is 0 Å². The Morgan fingerprint density at radius 3 is 2.65 bits per heavy atom. The molecule has 0 saturated carbocycles. The van der Waals surface area contributed by atoms with Crippen molar-refractivity contribution in [1.82, 2.24) is 9.78 Å². The number of halogens is 2. The number of non-ortho nitro benzene ring substituents is 1. The third kappa shape index (κ3) is 5.50. The number of aromatic nitrogens is 2. The summed E-state index contributed by atoms with van der Waals surface area (Å²) in [6.07, 6.45) is -2.62. The fraction of sp³-hybridized carbons (Fsp3) is 0.375. The van der Waals surface area contributed by atoms with Crippen LogP contribution in [-0.4, -0.2) is 33.6 Å². The van der Waals surface area contributed by atoms with Gasteiger partial charge in [0.25, 0.3) is 12.1 Å². The van der Waals surface area contributed by atoms with Crippen LogP contribution in [0, 0.1) is 24.0 Å². The number of carbonyl (C=O) groups excluding carboxylic acids is 1. The highest BCUT2D eigenvalue weighted by Gasteiger charge is 2.14. The van der Waals surface area contributed by atoms with E-state index in [-0.39, 0.29) is 23.5 Å². The number of rotatable bonds is 8. The lowest BCUT2D eigenvalue weighted by atomic mass is 10.2. The van der Waals surface area contributed by atoms with Crippen molar-refractivity contribution in [2.24, 2.45) is 0 Å². The first-order valence-electron chi connectivity index (χ1n) is 7.76. The highest BCUT2D eigenvalue weighted by atomic mass is 19.3. The summed E-state index contributed by atoms with van der Waals surface area (Å²) in [5.41, 5.74) is 1.48. The second-order valence-electron chi connectivity index (χ2n) is 5.62. The number of nitrogens with one attached hydrogen (secondary N) is 1. The van der Waals surface area contributed by atoms with Crippen molar-refractivity contribution in [3.8, 4) is 5.75 Å². The number of aryl methyl sites for hydroxylation is 3. The van der Waals surface area contributed by atoms with Crippen LogP contribution in [0.25, 0.3) is 0 Å². The molecule has 0 radical (unpaired) electrons. The number of nitro benzene ring substituents is 1. The number of alkyl halides is 2. The summed E-state index contributed by atoms with van der Waals surface area (Å²) >= 11 is 0. The van der Waals surface area contributed by atoms with E-state index < -0.39 is 23.9 Å². The van der Waals surface area contributed by atoms with Crippen molar-refractivity contribution in [3.05, 3.63) is 45.8 Å². The monoisotopic (exact) mass is 368 g/mol. The van der Waals surface area contributed by atoms with Crippen LogP contribution in [0.3, 0.4) is 0 Å². The molecule has 2 rings (SSSR count). The molecule has 0 atom stereocenters. The van der Waals surface area contributed by atoms with Gasteiger partial charge in [-0.3, -0.25) is 19.6 Å². The van der Waals surface area contributed by atoms with E-state index in [1.54, 1.807) is 4.68 Å². The second-order valence-corrected chi connectivity index (χ2v) is 5.62. The topological polar surface area (TPSA) is 99.3 Å². The van der Waals surface area contributed by atoms with E-state index in [2.05, 4.69) is 10.4 Å². The second kappa shape index (κ2) is 8.37. The van der Waals surface area contributed by atoms with Crippen LogP contribution in [0.1, 0.15) is 17.8 Å². The first kappa shape index (κ1) is 19.3. The number of ether oxygens (including phenoxy) is 1. The molecule has 1 N–H and O–H groups in total. The van der Waals surface area contributed by atoms with Gasteiger partial charge in [-0.2, -0.15) is 5.10 Å². The lowest BCUT2D eigenvalue weighted by molar-refractivity contribution is -0.384. The summed E-state index contributed by atoms with van der Waals surface area (Å²) in [7, 11) is 0. The quantitative estimate of drug-likeness (QED) is 0.570. The maximum absolute atomic E-state index is 12.2. The van der Waals surface area contributed by atoms with Gasteiger partial charge in [-0.05, 0) is 19.9 Å². The smallest absolute Gasteiger partial charge is 0.275 e. The zero-order valence-electron chi connectivity index (χ0n) is 14.2. The van der Waals surface area contributed by atoms with E-state index in [4.69, 9.17) is 4.74 Å². The number of amides is 1. The van der Waals surface area contributed by atoms with Gasteiger partial charge < -0.3 is 10.1 Å². The van der Waals surface area contributed by atoms with Crippen LogP contribution in [-0.2, 0) is 11.3 Å². The molecule has 0 spiro atoms. The van der Waals surface area contributed by atoms with Gasteiger partial charge in [0.2, 0.25) is 5.91 Å². The average Bonchev–Trinajstić information content (AvgIpc) is 2.88. The molecular weight excluding hydrogens is 350 g/mol. The third-order valence-corrected chi connectivity index (χ3v) is 3.42.